The van der Waals surface area contributed by atoms with Crippen LogP contribution in [0.1, 0.15) is 143 Å². The van der Waals surface area contributed by atoms with Crippen LogP contribution in [-0.2, 0) is 54.1 Å². The number of nitrogens with zero attached hydrogens (tertiary/aromatic N) is 1. The van der Waals surface area contributed by atoms with Gasteiger partial charge in [-0.1, -0.05) is 62.0 Å². The predicted octanol–water partition coefficient (Wildman–Crippen LogP) is 8.86. The third-order valence-corrected chi connectivity index (χ3v) is 11.5. The molecule has 0 aliphatic heterocycles. The van der Waals surface area contributed by atoms with Crippen LogP contribution in [0.5, 0.6) is 11.5 Å². The van der Waals surface area contributed by atoms with Gasteiger partial charge in [0.25, 0.3) is 0 Å². The molecule has 1 amide bonds. The van der Waals surface area contributed by atoms with Crippen molar-refractivity contribution in [2.75, 3.05) is 53.2 Å². The molecule has 0 heterocycles. The van der Waals surface area contributed by atoms with Crippen LogP contribution in [0.2, 0.25) is 0 Å². The average Bonchev–Trinajstić information content (AvgIpc) is 3.22. The zero-order valence-electron chi connectivity index (χ0n) is 37.6. The first-order chi connectivity index (χ1) is 28.6. The maximum absolute atomic E-state index is 13.8. The Morgan fingerprint density at radius 1 is 0.717 bits per heavy atom. The zero-order valence-corrected chi connectivity index (χ0v) is 39.2. The second-order valence-corrected chi connectivity index (χ2v) is 17.5. The number of rotatable bonds is 34. The van der Waals surface area contributed by atoms with Crippen molar-refractivity contribution in [1.82, 2.24) is 4.90 Å². The lowest BCUT2D eigenvalue weighted by Gasteiger charge is -2.28. The highest BCUT2D eigenvalue weighted by Crippen LogP contribution is 2.33. The Morgan fingerprint density at radius 3 is 2.05 bits per heavy atom. The van der Waals surface area contributed by atoms with Crippen molar-refractivity contribution >= 4 is 45.7 Å². The average molecular weight is 915 g/mol. The number of halogens is 1. The fourth-order valence-electron chi connectivity index (χ4n) is 6.71. The van der Waals surface area contributed by atoms with E-state index in [1.165, 1.54) is 12.1 Å². The van der Waals surface area contributed by atoms with Gasteiger partial charge in [0.15, 0.2) is 11.5 Å². The molecular formula is C46H76BrNO12. The van der Waals surface area contributed by atoms with Gasteiger partial charge < -0.3 is 38.8 Å². The van der Waals surface area contributed by atoms with Crippen LogP contribution >= 0.6 is 15.9 Å². The standard InChI is InChI=1S/C46H76BrNO12/c1-8-12-17-34(10-3)33-60-43(53)37(32-46(5,6)45(55)59-28-15-13-14-18-41(51)48(7)26-9-2)21-20-36(42(52)57-29-16-27-56-11-4)22-23-38(47)44(54)58-30-25-35-19-24-39(49)40(50)31-35/h19,24,31,34,36-38,49-50H,8-18,20-23,25-30,32-33H2,1-7H3. The second kappa shape index (κ2) is 31.5. The summed E-state index contributed by atoms with van der Waals surface area (Å²) in [5, 5.41) is 19.3. The van der Waals surface area contributed by atoms with Crippen molar-refractivity contribution in [3.05, 3.63) is 23.8 Å². The molecule has 0 saturated carbocycles. The van der Waals surface area contributed by atoms with E-state index in [9.17, 15) is 34.2 Å². The van der Waals surface area contributed by atoms with E-state index in [1.54, 1.807) is 31.9 Å². The van der Waals surface area contributed by atoms with Gasteiger partial charge in [0.05, 0.1) is 43.7 Å². The first-order valence-corrected chi connectivity index (χ1v) is 23.1. The van der Waals surface area contributed by atoms with Crippen LogP contribution in [0.4, 0.5) is 0 Å². The molecule has 0 spiro atoms. The number of ether oxygens (including phenoxy) is 5. The SMILES string of the molecule is CCCCC(CC)COC(=O)C(CCC(CCC(Br)C(=O)OCCc1ccc(O)c(O)c1)C(=O)OCCCOCC)CC(C)(C)C(=O)OCCCCCC(=O)N(C)CCC. The monoisotopic (exact) mass is 913 g/mol. The molecule has 60 heavy (non-hydrogen) atoms. The number of hydrogen-bond acceptors (Lipinski definition) is 12. The molecule has 4 unspecified atom stereocenters. The van der Waals surface area contributed by atoms with E-state index in [0.29, 0.717) is 50.9 Å². The minimum atomic E-state index is -1.03. The van der Waals surface area contributed by atoms with E-state index >= 15 is 0 Å². The molecule has 0 aromatic heterocycles. The Balaban J connectivity index is 3.03. The fraction of sp³-hybridized carbons (Fsp3) is 0.761. The highest BCUT2D eigenvalue weighted by molar-refractivity contribution is 9.10. The molecule has 0 aliphatic carbocycles. The summed E-state index contributed by atoms with van der Waals surface area (Å²) in [6.45, 7) is 14.0. The molecule has 0 bridgehead atoms. The lowest BCUT2D eigenvalue weighted by atomic mass is 9.79. The number of alkyl halides is 1. The number of unbranched alkanes of at least 4 members (excludes halogenated alkanes) is 3. The molecule has 14 heteroatoms. The predicted molar refractivity (Wildman–Crippen MR) is 235 cm³/mol. The van der Waals surface area contributed by atoms with Crippen LogP contribution in [0.3, 0.4) is 0 Å². The van der Waals surface area contributed by atoms with Crippen LogP contribution < -0.4 is 0 Å². The molecule has 0 radical (unpaired) electrons. The third-order valence-electron chi connectivity index (χ3n) is 10.7. The van der Waals surface area contributed by atoms with Gasteiger partial charge in [-0.3, -0.25) is 24.0 Å². The lowest BCUT2D eigenvalue weighted by Crippen LogP contribution is -2.33. The van der Waals surface area contributed by atoms with Crippen molar-refractivity contribution in [3.8, 4) is 11.5 Å². The van der Waals surface area contributed by atoms with E-state index in [1.807, 2.05) is 13.8 Å². The summed E-state index contributed by atoms with van der Waals surface area (Å²) in [6, 6.07) is 4.40. The van der Waals surface area contributed by atoms with Crippen LogP contribution in [-0.4, -0.2) is 103 Å². The van der Waals surface area contributed by atoms with Crippen molar-refractivity contribution in [3.63, 3.8) is 0 Å². The number of carbonyl (C=O) groups is 5. The van der Waals surface area contributed by atoms with Gasteiger partial charge in [0.2, 0.25) is 5.91 Å². The minimum Gasteiger partial charge on any atom is -0.504 e. The van der Waals surface area contributed by atoms with E-state index in [2.05, 4.69) is 29.8 Å². The first kappa shape index (κ1) is 54.6. The van der Waals surface area contributed by atoms with Gasteiger partial charge in [0, 0.05) is 46.1 Å². The van der Waals surface area contributed by atoms with Gasteiger partial charge in [-0.15, -0.1) is 0 Å². The first-order valence-electron chi connectivity index (χ1n) is 22.2. The fourth-order valence-corrected chi connectivity index (χ4v) is 7.11. The zero-order chi connectivity index (χ0) is 44.9. The normalized spacial score (nSPS) is 13.5. The molecule has 0 aliphatic rings. The number of hydrogen-bond donors (Lipinski definition) is 2. The summed E-state index contributed by atoms with van der Waals surface area (Å²) in [7, 11) is 1.81. The van der Waals surface area contributed by atoms with E-state index < -0.39 is 46.0 Å². The highest BCUT2D eigenvalue weighted by atomic mass is 79.9. The summed E-state index contributed by atoms with van der Waals surface area (Å²) in [5.41, 5.74) is -0.351. The van der Waals surface area contributed by atoms with Gasteiger partial charge in [-0.05, 0) is 109 Å². The second-order valence-electron chi connectivity index (χ2n) is 16.4. The molecule has 1 aromatic carbocycles. The summed E-state index contributed by atoms with van der Waals surface area (Å²) in [6.07, 6.45) is 9.34. The maximum Gasteiger partial charge on any atom is 0.319 e. The number of esters is 4. The van der Waals surface area contributed by atoms with Gasteiger partial charge in [-0.2, -0.15) is 0 Å². The molecule has 0 fully saturated rings. The lowest BCUT2D eigenvalue weighted by molar-refractivity contribution is -0.159. The van der Waals surface area contributed by atoms with Crippen molar-refractivity contribution in [2.24, 2.45) is 23.2 Å². The Kier molecular flexibility index (Phi) is 28.6. The van der Waals surface area contributed by atoms with Gasteiger partial charge in [-0.25, -0.2) is 0 Å². The molecule has 344 valence electrons. The van der Waals surface area contributed by atoms with Crippen LogP contribution in [0.25, 0.3) is 0 Å². The van der Waals surface area contributed by atoms with E-state index in [4.69, 9.17) is 23.7 Å². The molecule has 4 atom stereocenters. The molecule has 13 nitrogen and oxygen atoms in total. The molecule has 0 saturated heterocycles. The quantitative estimate of drug-likeness (QED) is 0.0221. The number of amides is 1. The summed E-state index contributed by atoms with van der Waals surface area (Å²) < 4.78 is 28.1. The molecule has 2 N–H and O–H groups in total. The van der Waals surface area contributed by atoms with Gasteiger partial charge in [0.1, 0.15) is 4.83 Å². The summed E-state index contributed by atoms with van der Waals surface area (Å²) in [4.78, 5) is 66.9. The van der Waals surface area contributed by atoms with Crippen LogP contribution in [0, 0.1) is 23.2 Å². The largest absolute Gasteiger partial charge is 0.504 e. The third kappa shape index (κ3) is 23.0. The number of benzene rings is 1. The van der Waals surface area contributed by atoms with E-state index in [-0.39, 0.29) is 81.9 Å². The Bertz CT molecular complexity index is 1410. The number of aromatic hydroxyl groups is 2. The Labute approximate surface area is 368 Å². The van der Waals surface area contributed by atoms with Crippen molar-refractivity contribution in [2.45, 2.75) is 149 Å². The van der Waals surface area contributed by atoms with Crippen molar-refractivity contribution in [1.29, 1.82) is 0 Å². The number of carbonyl (C=O) groups excluding carboxylic acids is 5. The van der Waals surface area contributed by atoms with E-state index in [0.717, 1.165) is 45.1 Å². The highest BCUT2D eigenvalue weighted by Gasteiger charge is 2.37. The topological polar surface area (TPSA) is 175 Å². The number of phenolic OH excluding ortho intramolecular Hbond substituents is 2. The molecular weight excluding hydrogens is 838 g/mol. The Morgan fingerprint density at radius 2 is 1.38 bits per heavy atom. The summed E-state index contributed by atoms with van der Waals surface area (Å²) in [5.74, 6) is -3.33. The molecule has 1 aromatic rings. The van der Waals surface area contributed by atoms with Crippen LogP contribution in [0.15, 0.2) is 18.2 Å². The molecule has 1 rings (SSSR count). The van der Waals surface area contributed by atoms with Gasteiger partial charge >= 0.3 is 23.9 Å². The maximum atomic E-state index is 13.8. The smallest absolute Gasteiger partial charge is 0.319 e. The summed E-state index contributed by atoms with van der Waals surface area (Å²) >= 11 is 3.42. The minimum absolute atomic E-state index is 0.0493. The van der Waals surface area contributed by atoms with Crippen molar-refractivity contribution < 1.29 is 57.9 Å². The number of phenols is 2. The Hall–Kier alpha value is -3.39.